The molecule has 6 nitrogen and oxygen atoms in total. The van der Waals surface area contributed by atoms with Crippen LogP contribution in [0.5, 0.6) is 23.0 Å². The van der Waals surface area contributed by atoms with Crippen molar-refractivity contribution in [1.82, 2.24) is 0 Å². The molecule has 0 unspecified atom stereocenters. The first-order chi connectivity index (χ1) is 30.8. The predicted molar refractivity (Wildman–Crippen MR) is 221 cm³/mol. The zero-order chi connectivity index (χ0) is 49.8. The summed E-state index contributed by atoms with van der Waals surface area (Å²) in [5, 5.41) is 19.7. The molecule has 0 amide bonds. The monoisotopic (exact) mass is 970 g/mol. The summed E-state index contributed by atoms with van der Waals surface area (Å²) < 4.78 is 214. The second kappa shape index (κ2) is 17.1. The van der Waals surface area contributed by atoms with E-state index in [9.17, 15) is 71.3 Å². The maximum atomic E-state index is 14.7. The van der Waals surface area contributed by atoms with E-state index in [1.807, 2.05) is 0 Å². The molecule has 67 heavy (non-hydrogen) atoms. The van der Waals surface area contributed by atoms with Crippen LogP contribution in [0.1, 0.15) is 61.1 Å². The molecule has 0 bridgehead atoms. The Hall–Kier alpha value is -6.21. The summed E-state index contributed by atoms with van der Waals surface area (Å²) in [5.41, 5.74) is -16.0. The third-order valence-corrected chi connectivity index (χ3v) is 13.0. The van der Waals surface area contributed by atoms with Gasteiger partial charge in [0.25, 0.3) is 0 Å². The third kappa shape index (κ3) is 9.27. The second-order valence-corrected chi connectivity index (χ2v) is 18.4. The first-order valence-electron chi connectivity index (χ1n) is 19.7. The molecule has 0 spiro atoms. The molecule has 6 rings (SSSR count). The van der Waals surface area contributed by atoms with Crippen molar-refractivity contribution in [1.29, 1.82) is 0 Å². The Morgan fingerprint density at radius 3 is 1.00 bits per heavy atom. The number of alkyl halides is 12. The lowest BCUT2D eigenvalue weighted by Crippen LogP contribution is -2.54. The Kier molecular flexibility index (Phi) is 12.8. The van der Waals surface area contributed by atoms with Crippen molar-refractivity contribution in [3.05, 3.63) is 179 Å². The number of rotatable bonds is 12. The average Bonchev–Trinajstić information content (AvgIpc) is 3.21. The van der Waals surface area contributed by atoms with Gasteiger partial charge in [-0.2, -0.15) is 52.7 Å². The average molecular weight is 971 g/mol. The van der Waals surface area contributed by atoms with Gasteiger partial charge in [0.15, 0.2) is 0 Å². The molecule has 6 aromatic carbocycles. The summed E-state index contributed by atoms with van der Waals surface area (Å²) in [5.74, 6) is -0.883. The van der Waals surface area contributed by atoms with E-state index in [0.717, 1.165) is 48.5 Å². The van der Waals surface area contributed by atoms with Crippen molar-refractivity contribution >= 4 is 9.84 Å². The van der Waals surface area contributed by atoms with Crippen molar-refractivity contribution in [2.75, 3.05) is 0 Å². The largest absolute Gasteiger partial charge is 0.508 e. The fraction of sp³-hybridized carbons (Fsp3) is 0.250. The van der Waals surface area contributed by atoms with Crippen molar-refractivity contribution < 1.29 is 80.8 Å². The molecule has 0 radical (unpaired) electrons. The molecule has 0 aliphatic rings. The Labute approximate surface area is 376 Å². The summed E-state index contributed by atoms with van der Waals surface area (Å²) in [7, 11) is -4.23. The Morgan fingerprint density at radius 2 is 0.657 bits per heavy atom. The summed E-state index contributed by atoms with van der Waals surface area (Å²) in [4.78, 5) is -0.451. The topological polar surface area (TPSA) is 93.1 Å². The summed E-state index contributed by atoms with van der Waals surface area (Å²) in [6, 6.07) is 21.8. The van der Waals surface area contributed by atoms with Crippen molar-refractivity contribution in [2.45, 2.75) is 84.2 Å². The Balaban J connectivity index is 1.18. The molecule has 6 aromatic rings. The van der Waals surface area contributed by atoms with E-state index in [-0.39, 0.29) is 32.6 Å². The number of hydrogen-bond acceptors (Lipinski definition) is 6. The molecular weight excluding hydrogens is 933 g/mol. The summed E-state index contributed by atoms with van der Waals surface area (Å²) in [6.07, 6.45) is -23.5. The number of halogens is 12. The van der Waals surface area contributed by atoms with Crippen LogP contribution in [0.15, 0.2) is 155 Å². The number of aliphatic hydroxyl groups is 1. The van der Waals surface area contributed by atoms with Gasteiger partial charge in [-0.3, -0.25) is 0 Å². The van der Waals surface area contributed by atoms with Crippen LogP contribution in [0.25, 0.3) is 0 Å². The normalized spacial score (nSPS) is 13.6. The second-order valence-electron chi connectivity index (χ2n) is 16.4. The van der Waals surface area contributed by atoms with E-state index >= 15 is 0 Å². The zero-order valence-electron chi connectivity index (χ0n) is 35.3. The molecule has 19 heteroatoms. The predicted octanol–water partition coefficient (Wildman–Crippen LogP) is 13.4. The number of hydrogen-bond donors (Lipinski definition) is 2. The number of ether oxygens (including phenoxy) is 2. The van der Waals surface area contributed by atoms with Gasteiger partial charge in [0.05, 0.1) is 15.4 Å². The van der Waals surface area contributed by atoms with Gasteiger partial charge in [0.1, 0.15) is 28.6 Å². The highest BCUT2D eigenvalue weighted by molar-refractivity contribution is 7.91. The Morgan fingerprint density at radius 1 is 0.388 bits per heavy atom. The molecule has 0 atom stereocenters. The van der Waals surface area contributed by atoms with Gasteiger partial charge in [-0.1, -0.05) is 72.8 Å². The van der Waals surface area contributed by atoms with E-state index in [2.05, 4.69) is 0 Å². The molecule has 0 heterocycles. The fourth-order valence-electron chi connectivity index (χ4n) is 7.70. The van der Waals surface area contributed by atoms with Gasteiger partial charge in [-0.25, -0.2) is 8.42 Å². The minimum atomic E-state index is -5.87. The fourth-order valence-corrected chi connectivity index (χ4v) is 8.96. The SMILES string of the molecule is CC(C)(O)c1ccc(C(c2ccc(Oc3ccc(S(=O)(=O)c4ccc(C(C)(C)Oc5ccc(C(c6ccc(O)cc6)(C(F)(F)F)C(F)(F)F)cc5)cc4)cc3)cc2)(C(F)(F)F)C(F)(F)F)cc1. The lowest BCUT2D eigenvalue weighted by atomic mass is 9.72. The highest BCUT2D eigenvalue weighted by atomic mass is 32.2. The molecule has 0 saturated heterocycles. The van der Waals surface area contributed by atoms with E-state index in [4.69, 9.17) is 9.47 Å². The van der Waals surface area contributed by atoms with E-state index in [1.54, 1.807) is 0 Å². The van der Waals surface area contributed by atoms with Gasteiger partial charge in [-0.15, -0.1) is 0 Å². The molecule has 0 aromatic heterocycles. The van der Waals surface area contributed by atoms with Crippen molar-refractivity contribution in [2.24, 2.45) is 0 Å². The first-order valence-corrected chi connectivity index (χ1v) is 21.2. The smallest absolute Gasteiger partial charge is 0.411 e. The number of benzene rings is 6. The maximum Gasteiger partial charge on any atom is 0.411 e. The van der Waals surface area contributed by atoms with Crippen LogP contribution >= 0.6 is 0 Å². The van der Waals surface area contributed by atoms with Gasteiger partial charge < -0.3 is 19.7 Å². The Bertz CT molecular complexity index is 2750. The zero-order valence-corrected chi connectivity index (χ0v) is 36.1. The van der Waals surface area contributed by atoms with Gasteiger partial charge in [0.2, 0.25) is 20.7 Å². The number of phenolic OH excluding ortho intramolecular Hbond substituents is 1. The van der Waals surface area contributed by atoms with Gasteiger partial charge in [0, 0.05) is 0 Å². The quantitative estimate of drug-likeness (QED) is 0.119. The molecule has 356 valence electrons. The van der Waals surface area contributed by atoms with Gasteiger partial charge >= 0.3 is 24.7 Å². The molecule has 0 saturated carbocycles. The summed E-state index contributed by atoms with van der Waals surface area (Å²) in [6.45, 7) is 5.67. The molecular formula is C48H38F12O6S. The highest BCUT2D eigenvalue weighted by Gasteiger charge is 2.73. The van der Waals surface area contributed by atoms with E-state index in [0.29, 0.717) is 66.2 Å². The van der Waals surface area contributed by atoms with Crippen LogP contribution in [-0.2, 0) is 31.9 Å². The minimum Gasteiger partial charge on any atom is -0.508 e. The molecule has 2 N–H and O–H groups in total. The lowest BCUT2D eigenvalue weighted by Gasteiger charge is -2.38. The van der Waals surface area contributed by atoms with Crippen LogP contribution < -0.4 is 9.47 Å². The van der Waals surface area contributed by atoms with Gasteiger partial charge in [-0.05, 0) is 134 Å². The molecule has 0 aliphatic carbocycles. The van der Waals surface area contributed by atoms with Crippen molar-refractivity contribution in [3.63, 3.8) is 0 Å². The maximum absolute atomic E-state index is 14.7. The number of phenols is 1. The van der Waals surface area contributed by atoms with Crippen LogP contribution in [-0.4, -0.2) is 43.3 Å². The van der Waals surface area contributed by atoms with Crippen LogP contribution in [0.2, 0.25) is 0 Å². The third-order valence-electron chi connectivity index (χ3n) is 11.2. The number of aromatic hydroxyl groups is 1. The van der Waals surface area contributed by atoms with E-state index < -0.39 is 84.6 Å². The summed E-state index contributed by atoms with van der Waals surface area (Å²) >= 11 is 0. The molecule has 0 fully saturated rings. The van der Waals surface area contributed by atoms with E-state index in [1.165, 1.54) is 64.1 Å². The van der Waals surface area contributed by atoms with Crippen LogP contribution in [0.3, 0.4) is 0 Å². The minimum absolute atomic E-state index is 0.0306. The van der Waals surface area contributed by atoms with Crippen LogP contribution in [0, 0.1) is 0 Å². The highest BCUT2D eigenvalue weighted by Crippen LogP contribution is 2.58. The van der Waals surface area contributed by atoms with Crippen LogP contribution in [0.4, 0.5) is 52.7 Å². The molecule has 0 aliphatic heterocycles. The number of sulfone groups is 1. The lowest BCUT2D eigenvalue weighted by molar-refractivity contribution is -0.290. The first kappa shape index (κ1) is 50.2. The standard InChI is InChI=1S/C48H38F12O6S/c1-41(2,62)29-5-7-31(8-6-29)43(45(49,50)51,46(52,53)54)33-11-19-36(20-12-33)65-37-23-27-40(28-24-37)67(63,64)39-25-15-30(16-26-39)42(3,4)66-38-21-13-34(14-22-38)44(47(55,56)57,48(58,59)60)32-9-17-35(61)18-10-32/h5-28,61-62H,1-4H3. The van der Waals surface area contributed by atoms with Crippen molar-refractivity contribution in [3.8, 4) is 23.0 Å².